The summed E-state index contributed by atoms with van der Waals surface area (Å²) in [4.78, 5) is 35.1. The molecule has 20 heavy (non-hydrogen) atoms. The van der Waals surface area contributed by atoms with Crippen LogP contribution in [0.2, 0.25) is 0 Å². The molecule has 112 valence electrons. The molecule has 0 aliphatic heterocycles. The van der Waals surface area contributed by atoms with Gasteiger partial charge in [0.2, 0.25) is 5.91 Å². The van der Waals surface area contributed by atoms with Crippen LogP contribution in [0.1, 0.15) is 57.8 Å². The van der Waals surface area contributed by atoms with E-state index in [4.69, 9.17) is 0 Å². The first-order valence-corrected chi connectivity index (χ1v) is 7.63. The van der Waals surface area contributed by atoms with Crippen LogP contribution in [0.5, 0.6) is 0 Å². The summed E-state index contributed by atoms with van der Waals surface area (Å²) in [6.07, 6.45) is 7.18. The summed E-state index contributed by atoms with van der Waals surface area (Å²) < 4.78 is 0. The zero-order valence-corrected chi connectivity index (χ0v) is 11.8. The van der Waals surface area contributed by atoms with Crippen LogP contribution in [-0.2, 0) is 14.4 Å². The minimum atomic E-state index is -1.02. The third-order valence-corrected chi connectivity index (χ3v) is 4.53. The van der Waals surface area contributed by atoms with Gasteiger partial charge in [-0.2, -0.15) is 0 Å². The van der Waals surface area contributed by atoms with Crippen molar-refractivity contribution < 1.29 is 19.5 Å². The van der Waals surface area contributed by atoms with Gasteiger partial charge in [-0.3, -0.25) is 9.59 Å². The second-order valence-corrected chi connectivity index (χ2v) is 6.05. The molecule has 0 heterocycles. The molecule has 1 amide bonds. The van der Waals surface area contributed by atoms with Gasteiger partial charge in [-0.25, -0.2) is 4.79 Å². The van der Waals surface area contributed by atoms with E-state index in [1.54, 1.807) is 0 Å². The number of carbonyl (C=O) groups excluding carboxylic acids is 2. The Labute approximate surface area is 119 Å². The molecule has 2 fully saturated rings. The second kappa shape index (κ2) is 6.86. The molecule has 0 saturated heterocycles. The molecule has 0 spiro atoms. The lowest BCUT2D eigenvalue weighted by atomic mass is 9.82. The van der Waals surface area contributed by atoms with Gasteiger partial charge >= 0.3 is 5.97 Å². The maximum absolute atomic E-state index is 12.2. The number of amides is 1. The normalized spacial score (nSPS) is 26.0. The monoisotopic (exact) mass is 281 g/mol. The molecule has 5 heteroatoms. The van der Waals surface area contributed by atoms with Crippen molar-refractivity contribution in [3.8, 4) is 0 Å². The maximum atomic E-state index is 12.2. The van der Waals surface area contributed by atoms with Gasteiger partial charge in [0.15, 0.2) is 0 Å². The molecule has 0 unspecified atom stereocenters. The Balaban J connectivity index is 1.96. The van der Waals surface area contributed by atoms with Gasteiger partial charge in [0.25, 0.3) is 0 Å². The molecule has 2 saturated carbocycles. The van der Waals surface area contributed by atoms with Gasteiger partial charge in [0.05, 0.1) is 0 Å². The number of ketones is 1. The molecule has 2 aliphatic rings. The predicted molar refractivity (Wildman–Crippen MR) is 73.1 cm³/mol. The van der Waals surface area contributed by atoms with Crippen molar-refractivity contribution >= 4 is 17.7 Å². The standard InChI is InChI=1S/C15H23NO4/c17-12-8-4-7-11(9-12)13(15(19)20)16-14(18)10-5-2-1-3-6-10/h10-11,13H,1-9H2,(H,16,18)(H,19,20)/t11-,13-/m0/s1. The van der Waals surface area contributed by atoms with Crippen molar-refractivity contribution in [3.05, 3.63) is 0 Å². The van der Waals surface area contributed by atoms with Crippen molar-refractivity contribution in [1.82, 2.24) is 5.32 Å². The van der Waals surface area contributed by atoms with Crippen molar-refractivity contribution in [2.45, 2.75) is 63.8 Å². The minimum absolute atomic E-state index is 0.0510. The van der Waals surface area contributed by atoms with Crippen LogP contribution in [0.25, 0.3) is 0 Å². The van der Waals surface area contributed by atoms with Gasteiger partial charge in [-0.05, 0) is 31.6 Å². The molecule has 0 radical (unpaired) electrons. The van der Waals surface area contributed by atoms with E-state index in [1.807, 2.05) is 0 Å². The highest BCUT2D eigenvalue weighted by molar-refractivity contribution is 5.86. The molecule has 2 aliphatic carbocycles. The molecule has 0 bridgehead atoms. The van der Waals surface area contributed by atoms with Gasteiger partial charge in [0, 0.05) is 18.8 Å². The number of carboxylic acids is 1. The molecule has 2 rings (SSSR count). The Hall–Kier alpha value is -1.39. The third kappa shape index (κ3) is 3.81. The highest BCUT2D eigenvalue weighted by Crippen LogP contribution is 2.27. The summed E-state index contributed by atoms with van der Waals surface area (Å²) in [6.45, 7) is 0. The number of Topliss-reactive ketones (excluding diaryl/α,β-unsaturated/α-hetero) is 1. The highest BCUT2D eigenvalue weighted by Gasteiger charge is 2.34. The zero-order valence-electron chi connectivity index (χ0n) is 11.8. The van der Waals surface area contributed by atoms with E-state index < -0.39 is 12.0 Å². The lowest BCUT2D eigenvalue weighted by Crippen LogP contribution is -2.49. The maximum Gasteiger partial charge on any atom is 0.326 e. The Morgan fingerprint density at radius 1 is 1.10 bits per heavy atom. The number of carbonyl (C=O) groups is 3. The van der Waals surface area contributed by atoms with Crippen LogP contribution >= 0.6 is 0 Å². The second-order valence-electron chi connectivity index (χ2n) is 6.05. The number of carboxylic acid groups (broad SMARTS) is 1. The summed E-state index contributed by atoms with van der Waals surface area (Å²) in [5.74, 6) is -1.35. The number of nitrogens with one attached hydrogen (secondary N) is 1. The van der Waals surface area contributed by atoms with Gasteiger partial charge < -0.3 is 10.4 Å². The van der Waals surface area contributed by atoms with E-state index in [0.29, 0.717) is 12.8 Å². The number of hydrogen-bond donors (Lipinski definition) is 2. The average molecular weight is 281 g/mol. The number of rotatable bonds is 4. The van der Waals surface area contributed by atoms with Crippen molar-refractivity contribution in [2.24, 2.45) is 11.8 Å². The lowest BCUT2D eigenvalue weighted by Gasteiger charge is -2.29. The van der Waals surface area contributed by atoms with Gasteiger partial charge in [0.1, 0.15) is 11.8 Å². The van der Waals surface area contributed by atoms with E-state index in [0.717, 1.165) is 38.5 Å². The minimum Gasteiger partial charge on any atom is -0.480 e. The topological polar surface area (TPSA) is 83.5 Å². The summed E-state index contributed by atoms with van der Waals surface area (Å²) in [5.41, 5.74) is 0. The molecule has 5 nitrogen and oxygen atoms in total. The fourth-order valence-corrected chi connectivity index (χ4v) is 3.36. The van der Waals surface area contributed by atoms with E-state index in [9.17, 15) is 19.5 Å². The molecule has 2 N–H and O–H groups in total. The average Bonchev–Trinajstić information content (AvgIpc) is 2.45. The van der Waals surface area contributed by atoms with E-state index >= 15 is 0 Å². The quantitative estimate of drug-likeness (QED) is 0.824. The van der Waals surface area contributed by atoms with Crippen LogP contribution < -0.4 is 5.32 Å². The van der Waals surface area contributed by atoms with E-state index in [1.165, 1.54) is 0 Å². The third-order valence-electron chi connectivity index (χ3n) is 4.53. The van der Waals surface area contributed by atoms with Crippen LogP contribution in [0, 0.1) is 11.8 Å². The molecule has 0 aromatic heterocycles. The number of aliphatic carboxylic acids is 1. The summed E-state index contributed by atoms with van der Waals surface area (Å²) in [6, 6.07) is -0.909. The Bertz CT molecular complexity index is 387. The van der Waals surface area contributed by atoms with Crippen molar-refractivity contribution in [2.75, 3.05) is 0 Å². The molecular formula is C15H23NO4. The fraction of sp³-hybridized carbons (Fsp3) is 0.800. The molecule has 2 atom stereocenters. The molecule has 0 aromatic carbocycles. The molecular weight excluding hydrogens is 258 g/mol. The van der Waals surface area contributed by atoms with Gasteiger partial charge in [-0.15, -0.1) is 0 Å². The summed E-state index contributed by atoms with van der Waals surface area (Å²) in [7, 11) is 0. The zero-order chi connectivity index (χ0) is 14.5. The first-order chi connectivity index (χ1) is 9.58. The number of hydrogen-bond acceptors (Lipinski definition) is 3. The van der Waals surface area contributed by atoms with Crippen molar-refractivity contribution in [3.63, 3.8) is 0 Å². The van der Waals surface area contributed by atoms with Gasteiger partial charge in [-0.1, -0.05) is 19.3 Å². The predicted octanol–water partition coefficient (Wildman–Crippen LogP) is 1.90. The summed E-state index contributed by atoms with van der Waals surface area (Å²) >= 11 is 0. The summed E-state index contributed by atoms with van der Waals surface area (Å²) in [5, 5.41) is 12.0. The van der Waals surface area contributed by atoms with Crippen molar-refractivity contribution in [1.29, 1.82) is 0 Å². The Morgan fingerprint density at radius 3 is 2.40 bits per heavy atom. The highest BCUT2D eigenvalue weighted by atomic mass is 16.4. The SMILES string of the molecule is O=C1CCC[C@H]([C@H](NC(=O)C2CCCCC2)C(=O)O)C1. The van der Waals surface area contributed by atoms with Crippen LogP contribution in [0.15, 0.2) is 0 Å². The first-order valence-electron chi connectivity index (χ1n) is 7.63. The van der Waals surface area contributed by atoms with Crippen LogP contribution in [0.3, 0.4) is 0 Å². The van der Waals surface area contributed by atoms with Crippen LogP contribution in [-0.4, -0.2) is 28.8 Å². The largest absolute Gasteiger partial charge is 0.480 e. The lowest BCUT2D eigenvalue weighted by molar-refractivity contribution is -0.145. The Kier molecular flexibility index (Phi) is 5.15. The smallest absolute Gasteiger partial charge is 0.326 e. The first kappa shape index (κ1) is 15.0. The van der Waals surface area contributed by atoms with E-state index in [2.05, 4.69) is 5.32 Å². The van der Waals surface area contributed by atoms with E-state index in [-0.39, 0.29) is 29.9 Å². The fourth-order valence-electron chi connectivity index (χ4n) is 3.36. The molecule has 0 aromatic rings. The van der Waals surface area contributed by atoms with Crippen LogP contribution in [0.4, 0.5) is 0 Å². The Morgan fingerprint density at radius 2 is 1.80 bits per heavy atom.